The summed E-state index contributed by atoms with van der Waals surface area (Å²) >= 11 is 0. The van der Waals surface area contributed by atoms with Gasteiger partial charge in [-0.15, -0.1) is 0 Å². The SMILES string of the molecule is CC(N)(c1ccccc1C(F)(F)F)C(F)F. The Morgan fingerprint density at radius 1 is 1.06 bits per heavy atom. The molecule has 0 amide bonds. The van der Waals surface area contributed by atoms with Crippen LogP contribution in [0.5, 0.6) is 0 Å². The topological polar surface area (TPSA) is 26.0 Å². The highest BCUT2D eigenvalue weighted by atomic mass is 19.4. The summed E-state index contributed by atoms with van der Waals surface area (Å²) < 4.78 is 62.8. The van der Waals surface area contributed by atoms with Gasteiger partial charge in [0, 0.05) is 0 Å². The Kier molecular flexibility index (Phi) is 3.23. The first kappa shape index (κ1) is 12.9. The number of hydrogen-bond acceptors (Lipinski definition) is 1. The van der Waals surface area contributed by atoms with Gasteiger partial charge in [-0.05, 0) is 18.6 Å². The van der Waals surface area contributed by atoms with E-state index in [4.69, 9.17) is 5.73 Å². The Morgan fingerprint density at radius 3 is 1.88 bits per heavy atom. The molecule has 1 nitrogen and oxygen atoms in total. The van der Waals surface area contributed by atoms with E-state index in [1.165, 1.54) is 6.07 Å². The fraction of sp³-hybridized carbons (Fsp3) is 0.400. The van der Waals surface area contributed by atoms with Crippen molar-refractivity contribution in [2.75, 3.05) is 0 Å². The zero-order chi connectivity index (χ0) is 12.6. The van der Waals surface area contributed by atoms with E-state index < -0.39 is 29.3 Å². The predicted octanol–water partition coefficient (Wildman–Crippen LogP) is 3.14. The molecule has 0 fully saturated rings. The zero-order valence-corrected chi connectivity index (χ0v) is 8.35. The van der Waals surface area contributed by atoms with Crippen molar-refractivity contribution < 1.29 is 22.0 Å². The summed E-state index contributed by atoms with van der Waals surface area (Å²) in [6.07, 6.45) is -7.76. The third kappa shape index (κ3) is 2.32. The van der Waals surface area contributed by atoms with E-state index in [1.807, 2.05) is 0 Å². The molecule has 1 atom stereocenters. The highest BCUT2D eigenvalue weighted by Crippen LogP contribution is 2.37. The maximum Gasteiger partial charge on any atom is 0.416 e. The summed E-state index contributed by atoms with van der Waals surface area (Å²) in [6, 6.07) is 4.09. The van der Waals surface area contributed by atoms with Gasteiger partial charge >= 0.3 is 6.18 Å². The van der Waals surface area contributed by atoms with Crippen molar-refractivity contribution in [3.63, 3.8) is 0 Å². The van der Waals surface area contributed by atoms with Gasteiger partial charge < -0.3 is 5.73 Å². The fourth-order valence-corrected chi connectivity index (χ4v) is 1.32. The molecular weight excluding hydrogens is 229 g/mol. The number of alkyl halides is 5. The van der Waals surface area contributed by atoms with E-state index in [2.05, 4.69) is 0 Å². The van der Waals surface area contributed by atoms with Crippen molar-refractivity contribution in [1.29, 1.82) is 0 Å². The number of rotatable bonds is 2. The Balaban J connectivity index is 3.35. The van der Waals surface area contributed by atoms with E-state index in [0.717, 1.165) is 25.1 Å². The maximum atomic E-state index is 12.6. The standard InChI is InChI=1S/C10H10F5N/c1-9(16,8(11)12)6-4-2-3-5-7(6)10(13,14)15/h2-5,8H,16H2,1H3. The average molecular weight is 239 g/mol. The van der Waals surface area contributed by atoms with Crippen LogP contribution in [0.25, 0.3) is 0 Å². The van der Waals surface area contributed by atoms with Gasteiger partial charge in [0.1, 0.15) is 5.54 Å². The average Bonchev–Trinajstić information content (AvgIpc) is 2.16. The van der Waals surface area contributed by atoms with Crippen molar-refractivity contribution in [3.8, 4) is 0 Å². The maximum absolute atomic E-state index is 12.6. The van der Waals surface area contributed by atoms with E-state index in [1.54, 1.807) is 0 Å². The number of halogens is 5. The highest BCUT2D eigenvalue weighted by molar-refractivity contribution is 5.35. The monoisotopic (exact) mass is 239 g/mol. The van der Waals surface area contributed by atoms with Crippen LogP contribution in [0.3, 0.4) is 0 Å². The summed E-state index contributed by atoms with van der Waals surface area (Å²) in [7, 11) is 0. The molecule has 0 heterocycles. The first-order valence-electron chi connectivity index (χ1n) is 4.41. The molecule has 0 aliphatic rings. The van der Waals surface area contributed by atoms with Crippen LogP contribution in [0.15, 0.2) is 24.3 Å². The van der Waals surface area contributed by atoms with Crippen LogP contribution in [-0.4, -0.2) is 6.43 Å². The van der Waals surface area contributed by atoms with Gasteiger partial charge in [-0.3, -0.25) is 0 Å². The Morgan fingerprint density at radius 2 is 1.50 bits per heavy atom. The molecule has 0 radical (unpaired) electrons. The fourth-order valence-electron chi connectivity index (χ4n) is 1.32. The van der Waals surface area contributed by atoms with Crippen LogP contribution >= 0.6 is 0 Å². The first-order valence-corrected chi connectivity index (χ1v) is 4.41. The first-order chi connectivity index (χ1) is 7.17. The van der Waals surface area contributed by atoms with Crippen LogP contribution in [0.2, 0.25) is 0 Å². The van der Waals surface area contributed by atoms with E-state index in [9.17, 15) is 22.0 Å². The highest BCUT2D eigenvalue weighted by Gasteiger charge is 2.41. The molecule has 1 aromatic rings. The molecular formula is C10H10F5N. The zero-order valence-electron chi connectivity index (χ0n) is 8.35. The predicted molar refractivity (Wildman–Crippen MR) is 49.0 cm³/mol. The third-order valence-corrected chi connectivity index (χ3v) is 2.27. The molecule has 0 saturated heterocycles. The normalized spacial score (nSPS) is 16.2. The minimum Gasteiger partial charge on any atom is -0.317 e. The quantitative estimate of drug-likeness (QED) is 0.788. The van der Waals surface area contributed by atoms with Crippen LogP contribution in [0.4, 0.5) is 22.0 Å². The molecule has 0 saturated carbocycles. The largest absolute Gasteiger partial charge is 0.416 e. The van der Waals surface area contributed by atoms with Crippen LogP contribution in [0.1, 0.15) is 18.1 Å². The van der Waals surface area contributed by atoms with Crippen LogP contribution < -0.4 is 5.73 Å². The summed E-state index contributed by atoms with van der Waals surface area (Å²) in [5.74, 6) is 0. The molecule has 0 aliphatic carbocycles. The van der Waals surface area contributed by atoms with Crippen molar-refractivity contribution in [2.45, 2.75) is 25.1 Å². The lowest BCUT2D eigenvalue weighted by atomic mass is 9.89. The lowest BCUT2D eigenvalue weighted by molar-refractivity contribution is -0.139. The van der Waals surface area contributed by atoms with E-state index >= 15 is 0 Å². The molecule has 2 N–H and O–H groups in total. The molecule has 0 bridgehead atoms. The molecule has 1 unspecified atom stereocenters. The van der Waals surface area contributed by atoms with Gasteiger partial charge in [0.2, 0.25) is 0 Å². The molecule has 0 spiro atoms. The van der Waals surface area contributed by atoms with Crippen LogP contribution in [0, 0.1) is 0 Å². The lowest BCUT2D eigenvalue weighted by Crippen LogP contribution is -2.42. The van der Waals surface area contributed by atoms with E-state index in [0.29, 0.717) is 0 Å². The second-order valence-corrected chi connectivity index (χ2v) is 3.63. The Hall–Kier alpha value is -1.17. The summed E-state index contributed by atoms with van der Waals surface area (Å²) in [6.45, 7) is 0.877. The van der Waals surface area contributed by atoms with E-state index in [-0.39, 0.29) is 0 Å². The van der Waals surface area contributed by atoms with Crippen LogP contribution in [-0.2, 0) is 11.7 Å². The van der Waals surface area contributed by atoms with Gasteiger partial charge in [0.15, 0.2) is 0 Å². The second kappa shape index (κ2) is 4.01. The van der Waals surface area contributed by atoms with Crippen molar-refractivity contribution in [1.82, 2.24) is 0 Å². The molecule has 0 aromatic heterocycles. The van der Waals surface area contributed by atoms with Gasteiger partial charge in [-0.25, -0.2) is 8.78 Å². The number of benzene rings is 1. The van der Waals surface area contributed by atoms with Crippen molar-refractivity contribution >= 4 is 0 Å². The van der Waals surface area contributed by atoms with Crippen molar-refractivity contribution in [3.05, 3.63) is 35.4 Å². The number of nitrogens with two attached hydrogens (primary N) is 1. The Labute approximate surface area is 89.1 Å². The molecule has 16 heavy (non-hydrogen) atoms. The third-order valence-electron chi connectivity index (χ3n) is 2.27. The van der Waals surface area contributed by atoms with Gasteiger partial charge in [0.05, 0.1) is 5.56 Å². The summed E-state index contributed by atoms with van der Waals surface area (Å²) in [5, 5.41) is 0. The Bertz CT molecular complexity index is 370. The summed E-state index contributed by atoms with van der Waals surface area (Å²) in [5.41, 5.74) is 1.19. The van der Waals surface area contributed by atoms with Gasteiger partial charge in [-0.2, -0.15) is 13.2 Å². The van der Waals surface area contributed by atoms with Gasteiger partial charge in [0.25, 0.3) is 6.43 Å². The molecule has 0 aliphatic heterocycles. The molecule has 6 heteroatoms. The molecule has 1 rings (SSSR count). The minimum absolute atomic E-state index is 0.600. The smallest absolute Gasteiger partial charge is 0.317 e. The second-order valence-electron chi connectivity index (χ2n) is 3.63. The van der Waals surface area contributed by atoms with Gasteiger partial charge in [-0.1, -0.05) is 18.2 Å². The molecule has 1 aromatic carbocycles. The molecule has 90 valence electrons. The minimum atomic E-state index is -4.69. The summed E-state index contributed by atoms with van der Waals surface area (Å²) in [4.78, 5) is 0. The lowest BCUT2D eigenvalue weighted by Gasteiger charge is -2.27. The number of hydrogen-bond donors (Lipinski definition) is 1. The van der Waals surface area contributed by atoms with Crippen molar-refractivity contribution in [2.24, 2.45) is 5.73 Å².